The van der Waals surface area contributed by atoms with Crippen LogP contribution in [0.25, 0.3) is 11.1 Å². The molecule has 0 bridgehead atoms. The highest BCUT2D eigenvalue weighted by atomic mass is 35.5. The highest BCUT2D eigenvalue weighted by molar-refractivity contribution is 6.32. The molecule has 2 aliphatic heterocycles. The Labute approximate surface area is 247 Å². The number of aryl methyl sites for hydroxylation is 1. The van der Waals surface area contributed by atoms with Crippen molar-refractivity contribution in [2.45, 2.75) is 12.5 Å². The number of piperazine rings is 1. The summed E-state index contributed by atoms with van der Waals surface area (Å²) in [5.74, 6) is -0.312. The summed E-state index contributed by atoms with van der Waals surface area (Å²) in [6, 6.07) is 9.28. The molecule has 13 heteroatoms. The molecule has 2 fully saturated rings. The van der Waals surface area contributed by atoms with Crippen molar-refractivity contribution in [2.75, 3.05) is 62.2 Å². The molecule has 0 aliphatic carbocycles. The predicted molar refractivity (Wildman–Crippen MR) is 157 cm³/mol. The Morgan fingerprint density at radius 1 is 1.05 bits per heavy atom. The predicted octanol–water partition coefficient (Wildman–Crippen LogP) is 5.20. The molecule has 0 saturated carbocycles. The third-order valence-electron chi connectivity index (χ3n) is 7.62. The number of nitrogens with one attached hydrogen (secondary N) is 1. The first kappa shape index (κ1) is 28.1. The molecule has 4 aromatic rings. The summed E-state index contributed by atoms with van der Waals surface area (Å²) in [5, 5.41) is 9.60. The van der Waals surface area contributed by atoms with Crippen molar-refractivity contribution >= 4 is 34.6 Å². The summed E-state index contributed by atoms with van der Waals surface area (Å²) in [6.45, 7) is 3.92. The van der Waals surface area contributed by atoms with Crippen LogP contribution in [0.15, 0.2) is 48.9 Å². The van der Waals surface area contributed by atoms with E-state index in [4.69, 9.17) is 21.2 Å². The molecule has 42 heavy (non-hydrogen) atoms. The lowest BCUT2D eigenvalue weighted by atomic mass is 10.0. The quantitative estimate of drug-likeness (QED) is 0.310. The lowest BCUT2D eigenvalue weighted by Gasteiger charge is -2.35. The van der Waals surface area contributed by atoms with Crippen LogP contribution in [0.1, 0.15) is 18.0 Å². The summed E-state index contributed by atoms with van der Waals surface area (Å²) in [4.78, 5) is 19.2. The lowest BCUT2D eigenvalue weighted by Crippen LogP contribution is -2.44. The third-order valence-corrected chi connectivity index (χ3v) is 7.90. The van der Waals surface area contributed by atoms with Crippen molar-refractivity contribution in [3.63, 3.8) is 0 Å². The SMILES string of the molecule is COc1cc(N2CCN(C)CC2)c(-c2cn(C)nc2Cl)cc1Nc1cc(N2OCCC2c2cccc(F)c2F)ncn1. The van der Waals surface area contributed by atoms with E-state index in [1.807, 2.05) is 25.4 Å². The van der Waals surface area contributed by atoms with Crippen LogP contribution < -0.4 is 20.0 Å². The van der Waals surface area contributed by atoms with Gasteiger partial charge in [-0.05, 0) is 19.2 Å². The number of hydroxylamine groups is 1. The Morgan fingerprint density at radius 2 is 1.86 bits per heavy atom. The molecule has 2 aromatic carbocycles. The molecule has 10 nitrogen and oxygen atoms in total. The van der Waals surface area contributed by atoms with Gasteiger partial charge in [-0.25, -0.2) is 23.8 Å². The van der Waals surface area contributed by atoms with E-state index in [2.05, 4.69) is 37.2 Å². The fourth-order valence-corrected chi connectivity index (χ4v) is 5.70. The number of anilines is 4. The van der Waals surface area contributed by atoms with Gasteiger partial charge in [0, 0.05) is 80.4 Å². The van der Waals surface area contributed by atoms with Gasteiger partial charge in [0.15, 0.2) is 22.6 Å². The molecular formula is C29H31ClF2N8O2. The fourth-order valence-electron chi connectivity index (χ4n) is 5.43. The molecule has 2 aromatic heterocycles. The van der Waals surface area contributed by atoms with Crippen molar-refractivity contribution in [1.82, 2.24) is 24.6 Å². The molecule has 1 N–H and O–H groups in total. The van der Waals surface area contributed by atoms with Crippen LogP contribution in [0.5, 0.6) is 5.75 Å². The number of nitrogens with zero attached hydrogens (tertiary/aromatic N) is 7. The Balaban J connectivity index is 1.35. The van der Waals surface area contributed by atoms with Gasteiger partial charge in [0.1, 0.15) is 17.9 Å². The lowest BCUT2D eigenvalue weighted by molar-refractivity contribution is 0.156. The number of ether oxygens (including phenoxy) is 1. The first-order valence-electron chi connectivity index (χ1n) is 13.6. The van der Waals surface area contributed by atoms with Gasteiger partial charge in [0.25, 0.3) is 0 Å². The number of hydrogen-bond donors (Lipinski definition) is 1. The Hall–Kier alpha value is -4.00. The smallest absolute Gasteiger partial charge is 0.164 e. The number of rotatable bonds is 7. The van der Waals surface area contributed by atoms with Crippen LogP contribution >= 0.6 is 11.6 Å². The van der Waals surface area contributed by atoms with E-state index < -0.39 is 17.7 Å². The van der Waals surface area contributed by atoms with Crippen LogP contribution in [-0.2, 0) is 11.9 Å². The molecule has 2 saturated heterocycles. The van der Waals surface area contributed by atoms with Crippen molar-refractivity contribution in [2.24, 2.45) is 7.05 Å². The molecule has 0 radical (unpaired) electrons. The minimum absolute atomic E-state index is 0.208. The van der Waals surface area contributed by atoms with Gasteiger partial charge in [-0.15, -0.1) is 0 Å². The third kappa shape index (κ3) is 5.44. The van der Waals surface area contributed by atoms with E-state index in [1.165, 1.54) is 17.5 Å². The second-order valence-electron chi connectivity index (χ2n) is 10.4. The first-order chi connectivity index (χ1) is 20.3. The molecule has 220 valence electrons. The molecule has 1 unspecified atom stereocenters. The fraction of sp³-hybridized carbons (Fsp3) is 0.345. The van der Waals surface area contributed by atoms with Gasteiger partial charge in [-0.2, -0.15) is 5.10 Å². The number of halogens is 3. The monoisotopic (exact) mass is 596 g/mol. The van der Waals surface area contributed by atoms with Gasteiger partial charge >= 0.3 is 0 Å². The van der Waals surface area contributed by atoms with Gasteiger partial charge in [-0.3, -0.25) is 9.52 Å². The zero-order chi connectivity index (χ0) is 29.4. The van der Waals surface area contributed by atoms with E-state index in [9.17, 15) is 8.78 Å². The number of benzene rings is 2. The topological polar surface area (TPSA) is 83.8 Å². The maximum Gasteiger partial charge on any atom is 0.164 e. The molecule has 4 heterocycles. The zero-order valence-corrected chi connectivity index (χ0v) is 24.3. The van der Waals surface area contributed by atoms with Gasteiger partial charge < -0.3 is 19.9 Å². The minimum atomic E-state index is -0.902. The Kier molecular flexibility index (Phi) is 7.84. The Morgan fingerprint density at radius 3 is 2.60 bits per heavy atom. The van der Waals surface area contributed by atoms with Crippen LogP contribution in [0.3, 0.4) is 0 Å². The van der Waals surface area contributed by atoms with Crippen molar-refractivity contribution in [3.05, 3.63) is 71.3 Å². The van der Waals surface area contributed by atoms with E-state index in [0.29, 0.717) is 41.3 Å². The summed E-state index contributed by atoms with van der Waals surface area (Å²) >= 11 is 6.58. The molecular weight excluding hydrogens is 566 g/mol. The molecule has 0 spiro atoms. The van der Waals surface area contributed by atoms with Gasteiger partial charge in [-0.1, -0.05) is 23.7 Å². The minimum Gasteiger partial charge on any atom is -0.494 e. The molecule has 2 aliphatic rings. The van der Waals surface area contributed by atoms with Crippen molar-refractivity contribution in [3.8, 4) is 16.9 Å². The molecule has 1 atom stereocenters. The first-order valence-corrected chi connectivity index (χ1v) is 14.0. The normalized spacial score (nSPS) is 17.6. The van der Waals surface area contributed by atoms with Crippen LogP contribution in [0.4, 0.5) is 31.8 Å². The molecule has 0 amide bonds. The average Bonchev–Trinajstić information content (AvgIpc) is 3.61. The summed E-state index contributed by atoms with van der Waals surface area (Å²) in [5.41, 5.74) is 3.56. The number of hydrogen-bond acceptors (Lipinski definition) is 9. The highest BCUT2D eigenvalue weighted by Crippen LogP contribution is 2.43. The summed E-state index contributed by atoms with van der Waals surface area (Å²) < 4.78 is 36.1. The summed E-state index contributed by atoms with van der Waals surface area (Å²) in [7, 11) is 5.57. The van der Waals surface area contributed by atoms with Crippen LogP contribution in [0, 0.1) is 11.6 Å². The van der Waals surface area contributed by atoms with Crippen molar-refractivity contribution in [1.29, 1.82) is 0 Å². The highest BCUT2D eigenvalue weighted by Gasteiger charge is 2.32. The maximum atomic E-state index is 14.6. The Bertz CT molecular complexity index is 1590. The second-order valence-corrected chi connectivity index (χ2v) is 10.7. The number of likely N-dealkylation sites (N-methyl/N-ethyl adjacent to an activating group) is 1. The van der Waals surface area contributed by atoms with Gasteiger partial charge in [0.05, 0.1) is 25.4 Å². The number of aromatic nitrogens is 4. The van der Waals surface area contributed by atoms with Crippen LogP contribution in [-0.4, -0.2) is 71.6 Å². The van der Waals surface area contributed by atoms with Crippen LogP contribution in [0.2, 0.25) is 5.15 Å². The standard InChI is InChI=1S/C29H31ClF2N8O2/c1-37-8-10-39(11-9-37)24-14-25(41-3)22(13-19(24)20-16-38(2)36-29(20)30)35-26-15-27(34-17-33-26)40-23(7-12-42-40)18-5-4-6-21(31)28(18)32/h4-6,13-17,23H,7-12H2,1-3H3,(H,33,34,35). The summed E-state index contributed by atoms with van der Waals surface area (Å²) in [6.07, 6.45) is 3.76. The van der Waals surface area contributed by atoms with E-state index in [0.717, 1.165) is 49.1 Å². The van der Waals surface area contributed by atoms with E-state index in [-0.39, 0.29) is 5.56 Å². The van der Waals surface area contributed by atoms with Gasteiger partial charge in [0.2, 0.25) is 0 Å². The van der Waals surface area contributed by atoms with Crippen molar-refractivity contribution < 1.29 is 18.4 Å². The largest absolute Gasteiger partial charge is 0.494 e. The molecule has 6 rings (SSSR count). The van der Waals surface area contributed by atoms with E-state index >= 15 is 0 Å². The zero-order valence-electron chi connectivity index (χ0n) is 23.5. The maximum absolute atomic E-state index is 14.6. The average molecular weight is 597 g/mol. The van der Waals surface area contributed by atoms with E-state index in [1.54, 1.807) is 23.9 Å². The second kappa shape index (κ2) is 11.7. The number of methoxy groups -OCH3 is 1.